The maximum atomic E-state index is 5.17. The van der Waals surface area contributed by atoms with E-state index in [1.807, 2.05) is 0 Å². The molecule has 0 unspecified atom stereocenters. The molecule has 0 bridgehead atoms. The van der Waals surface area contributed by atoms with Crippen LogP contribution in [-0.2, 0) is 4.74 Å². The molecule has 1 heteroatoms. The van der Waals surface area contributed by atoms with Crippen LogP contribution in [0.25, 0.3) is 0 Å². The van der Waals surface area contributed by atoms with Gasteiger partial charge >= 0.3 is 0 Å². The molecule has 1 rings (SSSR count). The predicted molar refractivity (Wildman–Crippen MR) is 38.4 cm³/mol. The van der Waals surface area contributed by atoms with Crippen molar-refractivity contribution in [3.63, 3.8) is 0 Å². The van der Waals surface area contributed by atoms with E-state index < -0.39 is 0 Å². The molecule has 0 saturated carbocycles. The van der Waals surface area contributed by atoms with Gasteiger partial charge in [0.05, 0.1) is 13.2 Å². The fraction of sp³-hybridized carbons (Fsp3) is 0.750. The van der Waals surface area contributed by atoms with E-state index in [1.165, 1.54) is 0 Å². The normalized spacial score (nSPS) is 20.1. The Morgan fingerprint density at radius 3 is 2.67 bits per heavy atom. The van der Waals surface area contributed by atoms with Gasteiger partial charge in [-0.25, -0.2) is 0 Å². The summed E-state index contributed by atoms with van der Waals surface area (Å²) in [7, 11) is 0. The van der Waals surface area contributed by atoms with Crippen molar-refractivity contribution in [1.29, 1.82) is 0 Å². The van der Waals surface area contributed by atoms with Crippen LogP contribution < -0.4 is 0 Å². The van der Waals surface area contributed by atoms with Crippen molar-refractivity contribution in [2.24, 2.45) is 5.92 Å². The second-order valence-electron chi connectivity index (χ2n) is 2.76. The molecule has 0 amide bonds. The van der Waals surface area contributed by atoms with Gasteiger partial charge in [-0.15, -0.1) is 0 Å². The van der Waals surface area contributed by atoms with Crippen LogP contribution in [-0.4, -0.2) is 13.2 Å². The summed E-state index contributed by atoms with van der Waals surface area (Å²) in [6.45, 7) is 6.21. The van der Waals surface area contributed by atoms with Crippen LogP contribution in [0, 0.1) is 5.92 Å². The van der Waals surface area contributed by atoms with Crippen LogP contribution in [0.4, 0.5) is 0 Å². The molecule has 0 spiro atoms. The molecule has 0 aliphatic carbocycles. The highest BCUT2D eigenvalue weighted by molar-refractivity contribution is 5.06. The molecular weight excluding hydrogens is 112 g/mol. The third-order valence-electron chi connectivity index (χ3n) is 1.74. The van der Waals surface area contributed by atoms with E-state index in [0.29, 0.717) is 5.92 Å². The molecule has 52 valence electrons. The summed E-state index contributed by atoms with van der Waals surface area (Å²) < 4.78 is 5.17. The molecule has 0 atom stereocenters. The molecule has 1 nitrogen and oxygen atoms in total. The van der Waals surface area contributed by atoms with Crippen LogP contribution in [0.1, 0.15) is 20.3 Å². The van der Waals surface area contributed by atoms with Crippen LogP contribution in [0.2, 0.25) is 0 Å². The third-order valence-corrected chi connectivity index (χ3v) is 1.74. The highest BCUT2D eigenvalue weighted by Gasteiger charge is 2.05. The van der Waals surface area contributed by atoms with Crippen molar-refractivity contribution in [2.45, 2.75) is 20.3 Å². The molecule has 1 aliphatic rings. The van der Waals surface area contributed by atoms with Crippen molar-refractivity contribution in [3.05, 3.63) is 11.6 Å². The van der Waals surface area contributed by atoms with Gasteiger partial charge in [0.1, 0.15) is 0 Å². The largest absolute Gasteiger partial charge is 0.377 e. The Balaban J connectivity index is 2.46. The molecule has 0 aromatic rings. The molecule has 1 aliphatic heterocycles. The van der Waals surface area contributed by atoms with Crippen LogP contribution in [0.5, 0.6) is 0 Å². The summed E-state index contributed by atoms with van der Waals surface area (Å²) in [5.41, 5.74) is 1.56. The monoisotopic (exact) mass is 126 g/mol. The Kier molecular flexibility index (Phi) is 2.29. The topological polar surface area (TPSA) is 9.23 Å². The van der Waals surface area contributed by atoms with Crippen molar-refractivity contribution in [2.75, 3.05) is 13.2 Å². The number of ether oxygens (including phenoxy) is 1. The molecule has 0 radical (unpaired) electrons. The first-order chi connectivity index (χ1) is 4.30. The van der Waals surface area contributed by atoms with E-state index >= 15 is 0 Å². The second kappa shape index (κ2) is 3.02. The van der Waals surface area contributed by atoms with Gasteiger partial charge in [-0.1, -0.05) is 25.5 Å². The highest BCUT2D eigenvalue weighted by atomic mass is 16.5. The number of hydrogen-bond donors (Lipinski definition) is 0. The zero-order chi connectivity index (χ0) is 6.69. The fourth-order valence-electron chi connectivity index (χ4n) is 1.07. The van der Waals surface area contributed by atoms with Crippen LogP contribution >= 0.6 is 0 Å². The maximum absolute atomic E-state index is 5.17. The van der Waals surface area contributed by atoms with Crippen molar-refractivity contribution in [3.8, 4) is 0 Å². The van der Waals surface area contributed by atoms with Gasteiger partial charge < -0.3 is 4.74 Å². The Labute approximate surface area is 56.7 Å². The predicted octanol–water partition coefficient (Wildman–Crippen LogP) is 1.99. The third kappa shape index (κ3) is 1.83. The van der Waals surface area contributed by atoms with E-state index in [9.17, 15) is 0 Å². The van der Waals surface area contributed by atoms with Gasteiger partial charge in [0.2, 0.25) is 0 Å². The zero-order valence-corrected chi connectivity index (χ0v) is 6.18. The Morgan fingerprint density at radius 1 is 1.56 bits per heavy atom. The molecule has 0 saturated heterocycles. The van der Waals surface area contributed by atoms with E-state index in [2.05, 4.69) is 19.9 Å². The Bertz CT molecular complexity index is 114. The summed E-state index contributed by atoms with van der Waals surface area (Å²) >= 11 is 0. The van der Waals surface area contributed by atoms with Crippen molar-refractivity contribution >= 4 is 0 Å². The minimum Gasteiger partial charge on any atom is -0.377 e. The first-order valence-electron chi connectivity index (χ1n) is 3.57. The quantitative estimate of drug-likeness (QED) is 0.488. The first-order valence-corrected chi connectivity index (χ1v) is 3.57. The minimum absolute atomic E-state index is 0.717. The minimum atomic E-state index is 0.717. The lowest BCUT2D eigenvalue weighted by Crippen LogP contribution is -2.07. The van der Waals surface area contributed by atoms with Gasteiger partial charge in [0.15, 0.2) is 0 Å². The summed E-state index contributed by atoms with van der Waals surface area (Å²) in [6, 6.07) is 0. The first kappa shape index (κ1) is 6.81. The number of hydrogen-bond acceptors (Lipinski definition) is 1. The molecule has 0 fully saturated rings. The molecule has 1 heterocycles. The van der Waals surface area contributed by atoms with E-state index in [4.69, 9.17) is 4.74 Å². The SMILES string of the molecule is CC(C)C1=CCOCC1. The lowest BCUT2D eigenvalue weighted by atomic mass is 9.99. The van der Waals surface area contributed by atoms with E-state index in [-0.39, 0.29) is 0 Å². The lowest BCUT2D eigenvalue weighted by molar-refractivity contribution is 0.151. The average Bonchev–Trinajstić information content (AvgIpc) is 1.90. The summed E-state index contributed by atoms with van der Waals surface area (Å²) in [5.74, 6) is 0.717. The summed E-state index contributed by atoms with van der Waals surface area (Å²) in [6.07, 6.45) is 3.34. The molecule has 9 heavy (non-hydrogen) atoms. The molecular formula is C8H14O. The van der Waals surface area contributed by atoms with Crippen molar-refractivity contribution < 1.29 is 4.74 Å². The second-order valence-corrected chi connectivity index (χ2v) is 2.76. The smallest absolute Gasteiger partial charge is 0.0650 e. The molecule has 0 aromatic carbocycles. The number of rotatable bonds is 1. The average molecular weight is 126 g/mol. The standard InChI is InChI=1S/C8H14O/c1-7(2)8-3-5-9-6-4-8/h3,7H,4-6H2,1-2H3. The summed E-state index contributed by atoms with van der Waals surface area (Å²) in [5, 5.41) is 0. The van der Waals surface area contributed by atoms with Crippen LogP contribution in [0.15, 0.2) is 11.6 Å². The van der Waals surface area contributed by atoms with Crippen LogP contribution in [0.3, 0.4) is 0 Å². The maximum Gasteiger partial charge on any atom is 0.0650 e. The van der Waals surface area contributed by atoms with Gasteiger partial charge in [-0.2, -0.15) is 0 Å². The molecule has 0 aromatic heterocycles. The van der Waals surface area contributed by atoms with Gasteiger partial charge in [-0.05, 0) is 12.3 Å². The van der Waals surface area contributed by atoms with Crippen molar-refractivity contribution in [1.82, 2.24) is 0 Å². The summed E-state index contributed by atoms with van der Waals surface area (Å²) in [4.78, 5) is 0. The fourth-order valence-corrected chi connectivity index (χ4v) is 1.07. The Morgan fingerprint density at radius 2 is 2.33 bits per heavy atom. The van der Waals surface area contributed by atoms with Gasteiger partial charge in [-0.3, -0.25) is 0 Å². The van der Waals surface area contributed by atoms with Gasteiger partial charge in [0, 0.05) is 0 Å². The highest BCUT2D eigenvalue weighted by Crippen LogP contribution is 2.16. The molecule has 0 N–H and O–H groups in total. The van der Waals surface area contributed by atoms with Gasteiger partial charge in [0.25, 0.3) is 0 Å². The Hall–Kier alpha value is -0.300. The lowest BCUT2D eigenvalue weighted by Gasteiger charge is -2.15. The van der Waals surface area contributed by atoms with E-state index in [0.717, 1.165) is 19.6 Å². The van der Waals surface area contributed by atoms with E-state index in [1.54, 1.807) is 5.57 Å². The zero-order valence-electron chi connectivity index (χ0n) is 6.18.